The van der Waals surface area contributed by atoms with E-state index in [-0.39, 0.29) is 23.2 Å². The average Bonchev–Trinajstić information content (AvgIpc) is 3.39. The maximum Gasteiger partial charge on any atom is 0.243 e. The van der Waals surface area contributed by atoms with E-state index in [1.807, 2.05) is 0 Å². The maximum absolute atomic E-state index is 12.4. The van der Waals surface area contributed by atoms with E-state index in [9.17, 15) is 9.59 Å². The first-order chi connectivity index (χ1) is 17.0. The summed E-state index contributed by atoms with van der Waals surface area (Å²) in [7, 11) is 0. The fourth-order valence-corrected chi connectivity index (χ4v) is 6.86. The second kappa shape index (κ2) is 9.13. The third-order valence-corrected chi connectivity index (χ3v) is 8.90. The quantitative estimate of drug-likeness (QED) is 0.415. The number of thiol groups is 1. The first kappa shape index (κ1) is 22.8. The van der Waals surface area contributed by atoms with Crippen molar-refractivity contribution in [1.82, 2.24) is 25.1 Å². The van der Waals surface area contributed by atoms with Gasteiger partial charge in [-0.15, -0.1) is 11.3 Å². The molecule has 1 aromatic carbocycles. The van der Waals surface area contributed by atoms with Crippen molar-refractivity contribution < 1.29 is 9.59 Å². The molecule has 2 amide bonds. The van der Waals surface area contributed by atoms with Crippen molar-refractivity contribution >= 4 is 51.6 Å². The first-order valence-corrected chi connectivity index (χ1v) is 13.4. The maximum atomic E-state index is 12.4. The SMILES string of the molecule is Cc1csc2ncnc(C3=CCN(Cc4ccc5c(c4)CN(C4CCC(=O)NC4=O)C5S)CC3)c12. The molecule has 0 saturated carbocycles. The van der Waals surface area contributed by atoms with Crippen LogP contribution in [0.5, 0.6) is 0 Å². The molecule has 6 rings (SSSR count). The van der Waals surface area contributed by atoms with Crippen LogP contribution >= 0.6 is 24.0 Å². The molecule has 5 heterocycles. The molecule has 2 aromatic heterocycles. The van der Waals surface area contributed by atoms with Gasteiger partial charge in [-0.1, -0.05) is 24.3 Å². The largest absolute Gasteiger partial charge is 0.295 e. The van der Waals surface area contributed by atoms with Gasteiger partial charge in [-0.3, -0.25) is 24.7 Å². The Morgan fingerprint density at radius 1 is 1.23 bits per heavy atom. The number of thiophene rings is 1. The van der Waals surface area contributed by atoms with Crippen molar-refractivity contribution in [2.45, 2.75) is 50.7 Å². The smallest absolute Gasteiger partial charge is 0.243 e. The number of nitrogens with zero attached hydrogens (tertiary/aromatic N) is 4. The third-order valence-electron chi connectivity index (χ3n) is 7.32. The third kappa shape index (κ3) is 4.20. The summed E-state index contributed by atoms with van der Waals surface area (Å²) in [4.78, 5) is 38.6. The number of benzene rings is 1. The average molecular weight is 506 g/mol. The number of amides is 2. The van der Waals surface area contributed by atoms with Crippen LogP contribution in [0.4, 0.5) is 0 Å². The minimum Gasteiger partial charge on any atom is -0.295 e. The number of imide groups is 1. The predicted octanol–water partition coefficient (Wildman–Crippen LogP) is 3.84. The summed E-state index contributed by atoms with van der Waals surface area (Å²) >= 11 is 6.49. The van der Waals surface area contributed by atoms with Gasteiger partial charge in [0.1, 0.15) is 11.2 Å². The first-order valence-electron chi connectivity index (χ1n) is 12.0. The van der Waals surface area contributed by atoms with Crippen molar-refractivity contribution in [2.75, 3.05) is 13.1 Å². The Morgan fingerprint density at radius 2 is 2.11 bits per heavy atom. The molecule has 1 saturated heterocycles. The molecule has 35 heavy (non-hydrogen) atoms. The summed E-state index contributed by atoms with van der Waals surface area (Å²) in [5.41, 5.74) is 7.28. The van der Waals surface area contributed by atoms with E-state index in [1.54, 1.807) is 17.7 Å². The molecule has 3 aromatic rings. The van der Waals surface area contributed by atoms with Crippen LogP contribution in [0.2, 0.25) is 0 Å². The number of aromatic nitrogens is 2. The highest BCUT2D eigenvalue weighted by Crippen LogP contribution is 2.40. The topological polar surface area (TPSA) is 78.4 Å². The Labute approximate surface area is 213 Å². The minimum absolute atomic E-state index is 0.131. The number of aryl methyl sites for hydroxylation is 1. The second-order valence-electron chi connectivity index (χ2n) is 9.58. The van der Waals surface area contributed by atoms with Gasteiger partial charge in [0.25, 0.3) is 0 Å². The molecule has 3 aliphatic rings. The number of fused-ring (bicyclic) bond motifs is 2. The van der Waals surface area contributed by atoms with Gasteiger partial charge in [-0.25, -0.2) is 9.97 Å². The summed E-state index contributed by atoms with van der Waals surface area (Å²) in [5, 5.41) is 5.69. The van der Waals surface area contributed by atoms with E-state index in [2.05, 4.69) is 61.7 Å². The molecule has 2 unspecified atom stereocenters. The Balaban J connectivity index is 1.14. The highest BCUT2D eigenvalue weighted by Gasteiger charge is 2.39. The molecular weight excluding hydrogens is 478 g/mol. The fraction of sp³-hybridized carbons (Fsp3) is 0.385. The van der Waals surface area contributed by atoms with Crippen molar-refractivity contribution in [3.63, 3.8) is 0 Å². The molecule has 0 bridgehead atoms. The molecule has 7 nitrogen and oxygen atoms in total. The van der Waals surface area contributed by atoms with Gasteiger partial charge >= 0.3 is 0 Å². The highest BCUT2D eigenvalue weighted by atomic mass is 32.1. The zero-order valence-corrected chi connectivity index (χ0v) is 21.2. The number of hydrogen-bond donors (Lipinski definition) is 2. The van der Waals surface area contributed by atoms with Gasteiger partial charge in [-0.05, 0) is 53.0 Å². The summed E-state index contributed by atoms with van der Waals surface area (Å²) < 4.78 is 0. The highest BCUT2D eigenvalue weighted by molar-refractivity contribution is 7.80. The van der Waals surface area contributed by atoms with Crippen LogP contribution in [0.1, 0.15) is 52.6 Å². The molecule has 0 aliphatic carbocycles. The van der Waals surface area contributed by atoms with Crippen LogP contribution in [0.15, 0.2) is 36.0 Å². The van der Waals surface area contributed by atoms with E-state index in [1.165, 1.54) is 27.6 Å². The Morgan fingerprint density at radius 3 is 2.91 bits per heavy atom. The van der Waals surface area contributed by atoms with Gasteiger partial charge in [0.2, 0.25) is 11.8 Å². The Hall–Kier alpha value is -2.59. The molecule has 0 radical (unpaired) electrons. The van der Waals surface area contributed by atoms with E-state index in [0.717, 1.165) is 42.1 Å². The fourth-order valence-electron chi connectivity index (χ4n) is 5.48. The van der Waals surface area contributed by atoms with Crippen LogP contribution in [0.25, 0.3) is 15.8 Å². The summed E-state index contributed by atoms with van der Waals surface area (Å²) in [5.74, 6) is -0.392. The minimum atomic E-state index is -0.308. The van der Waals surface area contributed by atoms with Gasteiger partial charge in [0.05, 0.1) is 17.1 Å². The molecule has 1 N–H and O–H groups in total. The van der Waals surface area contributed by atoms with Gasteiger partial charge in [0.15, 0.2) is 0 Å². The lowest BCUT2D eigenvalue weighted by Crippen LogP contribution is -2.51. The van der Waals surface area contributed by atoms with E-state index >= 15 is 0 Å². The number of carbonyl (C=O) groups is 2. The van der Waals surface area contributed by atoms with E-state index in [4.69, 9.17) is 12.6 Å². The standard InChI is InChI=1S/C26H27N5O2S2/c1-15-13-35-25-22(15)23(27-14-28-25)17-6-8-30(9-7-17)11-16-2-3-19-18(10-16)12-31(26(19)34)20-4-5-21(32)29-24(20)33/h2-3,6,10,13-14,20,26,34H,4-5,7-9,11-12H2,1H3,(H,29,32,33). The summed E-state index contributed by atoms with van der Waals surface area (Å²) in [6.45, 7) is 5.56. The van der Waals surface area contributed by atoms with E-state index < -0.39 is 0 Å². The van der Waals surface area contributed by atoms with Gasteiger partial charge < -0.3 is 0 Å². The lowest BCUT2D eigenvalue weighted by atomic mass is 10.00. The Kier molecular flexibility index (Phi) is 5.96. The van der Waals surface area contributed by atoms with Gasteiger partial charge in [0, 0.05) is 38.0 Å². The molecule has 0 spiro atoms. The number of rotatable bonds is 4. The monoisotopic (exact) mass is 505 g/mol. The molecule has 9 heteroatoms. The molecule has 180 valence electrons. The zero-order chi connectivity index (χ0) is 24.1. The number of nitrogens with one attached hydrogen (secondary N) is 1. The second-order valence-corrected chi connectivity index (χ2v) is 10.9. The molecule has 3 aliphatic heterocycles. The van der Waals surface area contributed by atoms with Crippen LogP contribution in [0, 0.1) is 6.92 Å². The molecular formula is C26H27N5O2S2. The summed E-state index contributed by atoms with van der Waals surface area (Å²) in [6.07, 6.45) is 5.89. The van der Waals surface area contributed by atoms with Crippen molar-refractivity contribution in [3.8, 4) is 0 Å². The van der Waals surface area contributed by atoms with Gasteiger partial charge in [-0.2, -0.15) is 12.6 Å². The Bertz CT molecular complexity index is 1370. The molecule has 1 fully saturated rings. The number of piperidine rings is 1. The van der Waals surface area contributed by atoms with Crippen molar-refractivity contribution in [1.29, 1.82) is 0 Å². The van der Waals surface area contributed by atoms with Crippen molar-refractivity contribution in [3.05, 3.63) is 63.9 Å². The predicted molar refractivity (Wildman–Crippen MR) is 140 cm³/mol. The zero-order valence-electron chi connectivity index (χ0n) is 19.5. The normalized spacial score (nSPS) is 23.4. The van der Waals surface area contributed by atoms with E-state index in [0.29, 0.717) is 19.4 Å². The lowest BCUT2D eigenvalue weighted by Gasteiger charge is -2.32. The number of carbonyl (C=O) groups excluding carboxylic acids is 2. The lowest BCUT2D eigenvalue weighted by molar-refractivity contribution is -0.137. The van der Waals surface area contributed by atoms with Crippen LogP contribution in [0.3, 0.4) is 0 Å². The van der Waals surface area contributed by atoms with Crippen molar-refractivity contribution in [2.24, 2.45) is 0 Å². The van der Waals surface area contributed by atoms with Crippen LogP contribution in [-0.2, 0) is 22.7 Å². The summed E-state index contributed by atoms with van der Waals surface area (Å²) in [6, 6.07) is 6.28. The molecule has 2 atom stereocenters. The van der Waals surface area contributed by atoms with Crippen LogP contribution < -0.4 is 5.32 Å². The van der Waals surface area contributed by atoms with Crippen LogP contribution in [-0.4, -0.2) is 50.7 Å². The number of hydrogen-bond acceptors (Lipinski definition) is 8.